The van der Waals surface area contributed by atoms with E-state index in [-0.39, 0.29) is 24.3 Å². The van der Waals surface area contributed by atoms with Crippen LogP contribution in [0.25, 0.3) is 0 Å². The van der Waals surface area contributed by atoms with Gasteiger partial charge >= 0.3 is 5.97 Å². The van der Waals surface area contributed by atoms with Gasteiger partial charge in [-0.2, -0.15) is 5.10 Å². The van der Waals surface area contributed by atoms with E-state index in [1.165, 1.54) is 0 Å². The van der Waals surface area contributed by atoms with Gasteiger partial charge in [0.25, 0.3) is 5.91 Å². The minimum atomic E-state index is -0.765. The van der Waals surface area contributed by atoms with Gasteiger partial charge in [0.05, 0.1) is 11.8 Å². The van der Waals surface area contributed by atoms with Crippen molar-refractivity contribution in [3.05, 3.63) is 18.0 Å². The van der Waals surface area contributed by atoms with Crippen molar-refractivity contribution in [1.82, 2.24) is 24.5 Å². The maximum atomic E-state index is 13.0. The molecule has 0 spiro atoms. The molecule has 156 valence electrons. The number of carbonyl (C=O) groups excluding carboxylic acids is 1. The van der Waals surface area contributed by atoms with Crippen molar-refractivity contribution in [3.63, 3.8) is 0 Å². The molecule has 3 heterocycles. The maximum absolute atomic E-state index is 13.0. The lowest BCUT2D eigenvalue weighted by molar-refractivity contribution is -0.137. The summed E-state index contributed by atoms with van der Waals surface area (Å²) in [4.78, 5) is 30.9. The standard InChI is InChI=1S/C20H33N5O3/c1-15(2)25-14-17(12-21-25)20(28)24-7-6-18(16(13-24)4-5-19(26)27)23-10-8-22(3)9-11-23/h12,14-16,18H,4-11,13H2,1-3H3,(H,26,27)/t16-,18+/m1/s1. The Morgan fingerprint density at radius 2 is 1.93 bits per heavy atom. The Bertz CT molecular complexity index is 681. The van der Waals surface area contributed by atoms with Gasteiger partial charge < -0.3 is 14.9 Å². The minimum Gasteiger partial charge on any atom is -0.481 e. The molecule has 0 saturated carbocycles. The molecule has 1 aromatic rings. The molecule has 28 heavy (non-hydrogen) atoms. The lowest BCUT2D eigenvalue weighted by Gasteiger charge is -2.46. The smallest absolute Gasteiger partial charge is 0.303 e. The van der Waals surface area contributed by atoms with Crippen LogP contribution in [0.15, 0.2) is 12.4 Å². The van der Waals surface area contributed by atoms with Gasteiger partial charge in [-0.05, 0) is 39.7 Å². The molecule has 0 radical (unpaired) electrons. The van der Waals surface area contributed by atoms with E-state index < -0.39 is 5.97 Å². The fraction of sp³-hybridized carbons (Fsp3) is 0.750. The van der Waals surface area contributed by atoms with Crippen LogP contribution in [0.2, 0.25) is 0 Å². The molecule has 1 amide bonds. The van der Waals surface area contributed by atoms with E-state index in [2.05, 4.69) is 21.9 Å². The molecule has 0 aliphatic carbocycles. The number of carbonyl (C=O) groups is 2. The van der Waals surface area contributed by atoms with Crippen LogP contribution in [0.3, 0.4) is 0 Å². The second kappa shape index (κ2) is 9.05. The first kappa shape index (κ1) is 20.8. The number of hydrogen-bond donors (Lipinski definition) is 1. The summed E-state index contributed by atoms with van der Waals surface area (Å²) in [6.45, 7) is 9.51. The molecule has 1 aromatic heterocycles. The molecule has 8 nitrogen and oxygen atoms in total. The molecule has 3 rings (SSSR count). The molecule has 2 atom stereocenters. The second-order valence-electron chi connectivity index (χ2n) is 8.44. The average molecular weight is 392 g/mol. The van der Waals surface area contributed by atoms with Gasteiger partial charge in [0, 0.05) is 64.0 Å². The van der Waals surface area contributed by atoms with Crippen LogP contribution in [0.1, 0.15) is 49.5 Å². The zero-order valence-electron chi connectivity index (χ0n) is 17.3. The van der Waals surface area contributed by atoms with Crippen LogP contribution < -0.4 is 0 Å². The van der Waals surface area contributed by atoms with Crippen molar-refractivity contribution in [2.75, 3.05) is 46.3 Å². The van der Waals surface area contributed by atoms with E-state index in [0.717, 1.165) is 32.6 Å². The molecule has 2 saturated heterocycles. The quantitative estimate of drug-likeness (QED) is 0.790. The lowest BCUT2D eigenvalue weighted by Crippen LogP contribution is -2.57. The number of amides is 1. The van der Waals surface area contributed by atoms with Crippen LogP contribution in [-0.4, -0.2) is 93.8 Å². The number of rotatable bonds is 6. The zero-order valence-corrected chi connectivity index (χ0v) is 17.3. The Morgan fingerprint density at radius 3 is 2.54 bits per heavy atom. The normalized spacial score (nSPS) is 24.6. The summed E-state index contributed by atoms with van der Waals surface area (Å²) in [7, 11) is 2.14. The van der Waals surface area contributed by atoms with Crippen molar-refractivity contribution in [3.8, 4) is 0 Å². The highest BCUT2D eigenvalue weighted by Gasteiger charge is 2.36. The highest BCUT2D eigenvalue weighted by molar-refractivity contribution is 5.93. The third-order valence-electron chi connectivity index (χ3n) is 6.09. The summed E-state index contributed by atoms with van der Waals surface area (Å²) in [6, 6.07) is 0.573. The topological polar surface area (TPSA) is 81.9 Å². The number of carboxylic acids is 1. The number of hydrogen-bond acceptors (Lipinski definition) is 5. The van der Waals surface area contributed by atoms with Crippen LogP contribution in [0, 0.1) is 5.92 Å². The third-order valence-corrected chi connectivity index (χ3v) is 6.09. The Morgan fingerprint density at radius 1 is 1.21 bits per heavy atom. The van der Waals surface area contributed by atoms with Gasteiger partial charge in [-0.15, -0.1) is 0 Å². The Labute approximate surface area is 167 Å². The predicted molar refractivity (Wildman–Crippen MR) is 106 cm³/mol. The Balaban J connectivity index is 1.68. The number of likely N-dealkylation sites (tertiary alicyclic amines) is 1. The molecule has 0 bridgehead atoms. The number of piperazine rings is 1. The van der Waals surface area contributed by atoms with Gasteiger partial charge in [0.1, 0.15) is 0 Å². The molecule has 0 unspecified atom stereocenters. The lowest BCUT2D eigenvalue weighted by atomic mass is 9.86. The van der Waals surface area contributed by atoms with Gasteiger partial charge in [0.2, 0.25) is 0 Å². The Hall–Kier alpha value is -1.93. The molecule has 1 N–H and O–H groups in total. The molecule has 8 heteroatoms. The van der Waals surface area contributed by atoms with E-state index in [1.54, 1.807) is 10.9 Å². The van der Waals surface area contributed by atoms with E-state index in [4.69, 9.17) is 0 Å². The van der Waals surface area contributed by atoms with Gasteiger partial charge in [0.15, 0.2) is 0 Å². The highest BCUT2D eigenvalue weighted by Crippen LogP contribution is 2.28. The van der Waals surface area contributed by atoms with Crippen molar-refractivity contribution < 1.29 is 14.7 Å². The first-order chi connectivity index (χ1) is 13.3. The SMILES string of the molecule is CC(C)n1cc(C(=O)N2CC[C@H](N3CCN(C)CC3)[C@H](CCC(=O)O)C2)cn1. The maximum Gasteiger partial charge on any atom is 0.303 e. The fourth-order valence-electron chi connectivity index (χ4n) is 4.34. The number of aromatic nitrogens is 2. The van der Waals surface area contributed by atoms with E-state index in [0.29, 0.717) is 31.1 Å². The molecular weight excluding hydrogens is 358 g/mol. The molecule has 2 aliphatic heterocycles. The highest BCUT2D eigenvalue weighted by atomic mass is 16.4. The summed E-state index contributed by atoms with van der Waals surface area (Å²) in [5.41, 5.74) is 0.615. The summed E-state index contributed by atoms with van der Waals surface area (Å²) in [5.74, 6) is -0.569. The molecule has 0 aromatic carbocycles. The van der Waals surface area contributed by atoms with E-state index in [1.807, 2.05) is 24.9 Å². The predicted octanol–water partition coefficient (Wildman–Crippen LogP) is 1.41. The van der Waals surface area contributed by atoms with Gasteiger partial charge in [-0.25, -0.2) is 0 Å². The number of aliphatic carboxylic acids is 1. The second-order valence-corrected chi connectivity index (χ2v) is 8.44. The molecule has 2 aliphatic rings. The van der Waals surface area contributed by atoms with Gasteiger partial charge in [-0.3, -0.25) is 19.2 Å². The van der Waals surface area contributed by atoms with Gasteiger partial charge in [-0.1, -0.05) is 0 Å². The summed E-state index contributed by atoms with van der Waals surface area (Å²) < 4.78 is 1.80. The summed E-state index contributed by atoms with van der Waals surface area (Å²) in [6.07, 6.45) is 5.12. The summed E-state index contributed by atoms with van der Waals surface area (Å²) >= 11 is 0. The van der Waals surface area contributed by atoms with Crippen LogP contribution in [0.5, 0.6) is 0 Å². The number of carboxylic acid groups (broad SMARTS) is 1. The molecular formula is C20H33N5O3. The largest absolute Gasteiger partial charge is 0.481 e. The first-order valence-electron chi connectivity index (χ1n) is 10.3. The van der Waals surface area contributed by atoms with Crippen LogP contribution in [0.4, 0.5) is 0 Å². The number of likely N-dealkylation sites (N-methyl/N-ethyl adjacent to an activating group) is 1. The van der Waals surface area contributed by atoms with Crippen molar-refractivity contribution in [2.45, 2.75) is 45.2 Å². The van der Waals surface area contributed by atoms with Crippen LogP contribution >= 0.6 is 0 Å². The minimum absolute atomic E-state index is 0.00375. The Kier molecular flexibility index (Phi) is 6.72. The summed E-state index contributed by atoms with van der Waals surface area (Å²) in [5, 5.41) is 13.5. The van der Waals surface area contributed by atoms with Crippen molar-refractivity contribution >= 4 is 11.9 Å². The number of nitrogens with zero attached hydrogens (tertiary/aromatic N) is 5. The van der Waals surface area contributed by atoms with Crippen molar-refractivity contribution in [2.24, 2.45) is 5.92 Å². The van der Waals surface area contributed by atoms with Crippen LogP contribution in [-0.2, 0) is 4.79 Å². The third kappa shape index (κ3) is 4.91. The van der Waals surface area contributed by atoms with Crippen molar-refractivity contribution in [1.29, 1.82) is 0 Å². The zero-order chi connectivity index (χ0) is 20.3. The van der Waals surface area contributed by atoms with E-state index in [9.17, 15) is 14.7 Å². The fourth-order valence-corrected chi connectivity index (χ4v) is 4.34. The number of piperidine rings is 1. The van der Waals surface area contributed by atoms with E-state index >= 15 is 0 Å². The monoisotopic (exact) mass is 391 g/mol. The molecule has 2 fully saturated rings. The average Bonchev–Trinajstić information content (AvgIpc) is 3.17. The first-order valence-corrected chi connectivity index (χ1v) is 10.3.